The van der Waals surface area contributed by atoms with Crippen LogP contribution in [0.1, 0.15) is 27.2 Å². The second-order valence-corrected chi connectivity index (χ2v) is 4.82. The lowest BCUT2D eigenvalue weighted by molar-refractivity contribution is 0.0950. The first-order chi connectivity index (χ1) is 9.06. The lowest BCUT2D eigenvalue weighted by Gasteiger charge is -2.08. The van der Waals surface area contributed by atoms with Gasteiger partial charge in [-0.25, -0.2) is 4.98 Å². The minimum absolute atomic E-state index is 0.143. The van der Waals surface area contributed by atoms with Crippen molar-refractivity contribution in [2.24, 2.45) is 0 Å². The number of benzene rings is 1. The van der Waals surface area contributed by atoms with Gasteiger partial charge in [-0.1, -0.05) is 35.9 Å². The van der Waals surface area contributed by atoms with Gasteiger partial charge in [0.25, 0.3) is 5.91 Å². The van der Waals surface area contributed by atoms with Crippen molar-refractivity contribution in [2.75, 3.05) is 0 Å². The molecule has 0 saturated carbocycles. The summed E-state index contributed by atoms with van der Waals surface area (Å²) >= 11 is 5.85. The number of aromatic nitrogens is 1. The van der Waals surface area contributed by atoms with Gasteiger partial charge in [-0.2, -0.15) is 0 Å². The third-order valence-electron chi connectivity index (χ3n) is 2.88. The monoisotopic (exact) mass is 274 g/mol. The molecule has 0 aliphatic rings. The van der Waals surface area contributed by atoms with Crippen molar-refractivity contribution in [3.8, 4) is 0 Å². The van der Waals surface area contributed by atoms with E-state index in [0.29, 0.717) is 17.3 Å². The molecule has 3 nitrogen and oxygen atoms in total. The highest BCUT2D eigenvalue weighted by Gasteiger charge is 2.08. The Kier molecular flexibility index (Phi) is 4.17. The smallest absolute Gasteiger partial charge is 0.251 e. The van der Waals surface area contributed by atoms with Gasteiger partial charge in [-0.15, -0.1) is 0 Å². The van der Waals surface area contributed by atoms with E-state index in [1.165, 1.54) is 0 Å². The zero-order valence-corrected chi connectivity index (χ0v) is 11.7. The average molecular weight is 275 g/mol. The van der Waals surface area contributed by atoms with E-state index in [1.54, 1.807) is 12.1 Å². The number of hydrogen-bond acceptors (Lipinski definition) is 2. The Morgan fingerprint density at radius 2 is 2.00 bits per heavy atom. The third kappa shape index (κ3) is 3.55. The second-order valence-electron chi connectivity index (χ2n) is 4.43. The highest BCUT2D eigenvalue weighted by atomic mass is 35.5. The topological polar surface area (TPSA) is 42.0 Å². The van der Waals surface area contributed by atoms with Gasteiger partial charge in [0, 0.05) is 17.8 Å². The van der Waals surface area contributed by atoms with E-state index in [1.807, 2.05) is 38.1 Å². The highest BCUT2D eigenvalue weighted by Crippen LogP contribution is 2.11. The van der Waals surface area contributed by atoms with Crippen LogP contribution >= 0.6 is 11.6 Å². The molecule has 1 amide bonds. The predicted molar refractivity (Wildman–Crippen MR) is 76.3 cm³/mol. The first-order valence-corrected chi connectivity index (χ1v) is 6.41. The normalized spacial score (nSPS) is 10.3. The van der Waals surface area contributed by atoms with Crippen LogP contribution in [0.3, 0.4) is 0 Å². The molecule has 4 heteroatoms. The van der Waals surface area contributed by atoms with Crippen LogP contribution in [-0.2, 0) is 6.54 Å². The summed E-state index contributed by atoms with van der Waals surface area (Å²) in [7, 11) is 0. The van der Waals surface area contributed by atoms with Crippen molar-refractivity contribution in [1.29, 1.82) is 0 Å². The fraction of sp³-hybridized carbons (Fsp3) is 0.200. The molecule has 1 N–H and O–H groups in total. The van der Waals surface area contributed by atoms with Crippen LogP contribution in [0.15, 0.2) is 36.4 Å². The van der Waals surface area contributed by atoms with Gasteiger partial charge in [0.1, 0.15) is 5.15 Å². The summed E-state index contributed by atoms with van der Waals surface area (Å²) in [6, 6.07) is 11.3. The van der Waals surface area contributed by atoms with Gasteiger partial charge in [-0.05, 0) is 37.1 Å². The van der Waals surface area contributed by atoms with Crippen LogP contribution in [-0.4, -0.2) is 10.9 Å². The number of carbonyl (C=O) groups is 1. The Bertz CT molecular complexity index is 591. The van der Waals surface area contributed by atoms with Crippen LogP contribution in [0.2, 0.25) is 5.15 Å². The predicted octanol–water partition coefficient (Wildman–Crippen LogP) is 3.28. The van der Waals surface area contributed by atoms with Crippen molar-refractivity contribution in [3.63, 3.8) is 0 Å². The molecule has 1 aromatic heterocycles. The lowest BCUT2D eigenvalue weighted by atomic mass is 10.1. The fourth-order valence-electron chi connectivity index (χ4n) is 1.85. The van der Waals surface area contributed by atoms with E-state index in [9.17, 15) is 4.79 Å². The lowest BCUT2D eigenvalue weighted by Crippen LogP contribution is -2.23. The zero-order valence-electron chi connectivity index (χ0n) is 10.9. The molecule has 0 atom stereocenters. The SMILES string of the molecule is Cc1cc(C(=O)NCc2ccccc2C)cc(Cl)n1. The number of aryl methyl sites for hydroxylation is 2. The van der Waals surface area contributed by atoms with Crippen LogP contribution in [0.4, 0.5) is 0 Å². The molecule has 0 spiro atoms. The summed E-state index contributed by atoms with van der Waals surface area (Å²) in [5, 5.41) is 3.22. The van der Waals surface area contributed by atoms with E-state index in [2.05, 4.69) is 10.3 Å². The van der Waals surface area contributed by atoms with Crippen LogP contribution in [0, 0.1) is 13.8 Å². The van der Waals surface area contributed by atoms with Crippen molar-refractivity contribution in [2.45, 2.75) is 20.4 Å². The number of hydrogen-bond donors (Lipinski definition) is 1. The average Bonchev–Trinajstić information content (AvgIpc) is 2.36. The number of nitrogens with zero attached hydrogens (tertiary/aromatic N) is 1. The molecule has 0 saturated heterocycles. The number of nitrogens with one attached hydrogen (secondary N) is 1. The summed E-state index contributed by atoms with van der Waals surface area (Å²) in [4.78, 5) is 16.1. The quantitative estimate of drug-likeness (QED) is 0.873. The third-order valence-corrected chi connectivity index (χ3v) is 3.08. The summed E-state index contributed by atoms with van der Waals surface area (Å²) < 4.78 is 0. The Hall–Kier alpha value is -1.87. The van der Waals surface area contributed by atoms with Gasteiger partial charge in [0.15, 0.2) is 0 Å². The standard InChI is InChI=1S/C15H15ClN2O/c1-10-5-3-4-6-12(10)9-17-15(19)13-7-11(2)18-14(16)8-13/h3-8H,9H2,1-2H3,(H,17,19). The Labute approximate surface area is 117 Å². The van der Waals surface area contributed by atoms with E-state index in [0.717, 1.165) is 16.8 Å². The number of pyridine rings is 1. The summed E-state index contributed by atoms with van der Waals surface area (Å²) in [5.74, 6) is -0.143. The van der Waals surface area contributed by atoms with Gasteiger partial charge >= 0.3 is 0 Å². The van der Waals surface area contributed by atoms with Gasteiger partial charge in [0.05, 0.1) is 0 Å². The summed E-state index contributed by atoms with van der Waals surface area (Å²) in [5.41, 5.74) is 3.53. The molecule has 2 aromatic rings. The Balaban J connectivity index is 2.08. The molecule has 19 heavy (non-hydrogen) atoms. The van der Waals surface area contributed by atoms with E-state index in [-0.39, 0.29) is 5.91 Å². The molecule has 0 aliphatic carbocycles. The van der Waals surface area contributed by atoms with Crippen molar-refractivity contribution in [1.82, 2.24) is 10.3 Å². The highest BCUT2D eigenvalue weighted by molar-refractivity contribution is 6.29. The number of halogens is 1. The molecule has 0 unspecified atom stereocenters. The van der Waals surface area contributed by atoms with Gasteiger partial charge in [-0.3, -0.25) is 4.79 Å². The van der Waals surface area contributed by atoms with Crippen LogP contribution in [0.5, 0.6) is 0 Å². The van der Waals surface area contributed by atoms with Crippen molar-refractivity contribution < 1.29 is 4.79 Å². The number of carbonyl (C=O) groups excluding carboxylic acids is 1. The molecule has 1 aromatic carbocycles. The maximum absolute atomic E-state index is 12.0. The van der Waals surface area contributed by atoms with Gasteiger partial charge < -0.3 is 5.32 Å². The maximum Gasteiger partial charge on any atom is 0.251 e. The molecule has 0 radical (unpaired) electrons. The first-order valence-electron chi connectivity index (χ1n) is 6.03. The van der Waals surface area contributed by atoms with Crippen LogP contribution in [0.25, 0.3) is 0 Å². The van der Waals surface area contributed by atoms with Crippen molar-refractivity contribution >= 4 is 17.5 Å². The molecule has 0 aliphatic heterocycles. The molecule has 1 heterocycles. The van der Waals surface area contributed by atoms with Crippen LogP contribution < -0.4 is 5.32 Å². The molecule has 0 fully saturated rings. The fourth-order valence-corrected chi connectivity index (χ4v) is 2.10. The Morgan fingerprint density at radius 3 is 2.68 bits per heavy atom. The number of rotatable bonds is 3. The second kappa shape index (κ2) is 5.85. The minimum atomic E-state index is -0.143. The summed E-state index contributed by atoms with van der Waals surface area (Å²) in [6.07, 6.45) is 0. The molecule has 98 valence electrons. The molecule has 0 bridgehead atoms. The van der Waals surface area contributed by atoms with E-state index < -0.39 is 0 Å². The first kappa shape index (κ1) is 13.6. The van der Waals surface area contributed by atoms with Crippen molar-refractivity contribution in [3.05, 3.63) is 63.9 Å². The van der Waals surface area contributed by atoms with E-state index >= 15 is 0 Å². The van der Waals surface area contributed by atoms with Gasteiger partial charge in [0.2, 0.25) is 0 Å². The maximum atomic E-state index is 12.0. The van der Waals surface area contributed by atoms with E-state index in [4.69, 9.17) is 11.6 Å². The zero-order chi connectivity index (χ0) is 13.8. The summed E-state index contributed by atoms with van der Waals surface area (Å²) in [6.45, 7) is 4.34. The Morgan fingerprint density at radius 1 is 1.26 bits per heavy atom. The largest absolute Gasteiger partial charge is 0.348 e. The molecule has 2 rings (SSSR count). The molecular formula is C15H15ClN2O. The molecular weight excluding hydrogens is 260 g/mol. The number of amides is 1. The minimum Gasteiger partial charge on any atom is -0.348 e.